The highest BCUT2D eigenvalue weighted by molar-refractivity contribution is 7.84. The van der Waals surface area contributed by atoms with E-state index in [1.54, 1.807) is 0 Å². The average molecular weight is 434 g/mol. The maximum absolute atomic E-state index is 12.7. The highest BCUT2D eigenvalue weighted by Gasteiger charge is 2.56. The third-order valence-electron chi connectivity index (χ3n) is 4.45. The van der Waals surface area contributed by atoms with Crippen molar-refractivity contribution in [2.45, 2.75) is 69.9 Å². The van der Waals surface area contributed by atoms with Crippen molar-refractivity contribution in [1.29, 1.82) is 0 Å². The van der Waals surface area contributed by atoms with E-state index in [-0.39, 0.29) is 24.2 Å². The van der Waals surface area contributed by atoms with Crippen molar-refractivity contribution in [3.63, 3.8) is 0 Å². The lowest BCUT2D eigenvalue weighted by Gasteiger charge is -2.19. The number of carbonyl (C=O) groups is 2. The Balaban J connectivity index is 1.93. The molecule has 0 saturated carbocycles. The molecule has 0 aromatic heterocycles. The summed E-state index contributed by atoms with van der Waals surface area (Å²) in [5.74, 6) is -4.82. The van der Waals surface area contributed by atoms with Crippen LogP contribution in [0, 0.1) is 0 Å². The molecule has 0 aromatic carbocycles. The number of urea groups is 1. The molecule has 1 aliphatic rings. The van der Waals surface area contributed by atoms with Crippen LogP contribution in [0.3, 0.4) is 0 Å². The third-order valence-corrected chi connectivity index (χ3v) is 5.93. The van der Waals surface area contributed by atoms with Gasteiger partial charge in [0.25, 0.3) is 0 Å². The van der Waals surface area contributed by atoms with Gasteiger partial charge in [-0.25, -0.2) is 4.79 Å². The Labute approximate surface area is 163 Å². The normalized spacial score (nSPS) is 16.5. The molecule has 0 bridgehead atoms. The third kappa shape index (κ3) is 9.29. The quantitative estimate of drug-likeness (QED) is 0.255. The zero-order chi connectivity index (χ0) is 21.2. The second kappa shape index (κ2) is 11.7. The Bertz CT molecular complexity index is 543. The molecule has 1 atom stereocenters. The van der Waals surface area contributed by atoms with Crippen molar-refractivity contribution in [2.75, 3.05) is 24.6 Å². The van der Waals surface area contributed by atoms with Gasteiger partial charge in [-0.1, -0.05) is 32.1 Å². The second-order valence-corrected chi connectivity index (χ2v) is 8.60. The van der Waals surface area contributed by atoms with Crippen LogP contribution in [-0.4, -0.2) is 57.7 Å². The first kappa shape index (κ1) is 24.8. The zero-order valence-electron chi connectivity index (χ0n) is 15.7. The van der Waals surface area contributed by atoms with Crippen LogP contribution < -0.4 is 5.32 Å². The number of halogens is 5. The van der Waals surface area contributed by atoms with Crippen LogP contribution in [0.25, 0.3) is 0 Å². The molecule has 1 N–H and O–H groups in total. The zero-order valence-corrected chi connectivity index (χ0v) is 16.5. The van der Waals surface area contributed by atoms with Crippen LogP contribution in [-0.2, 0) is 15.6 Å². The van der Waals surface area contributed by atoms with Gasteiger partial charge in [0.15, 0.2) is 0 Å². The predicted octanol–water partition coefficient (Wildman–Crippen LogP) is 4.00. The Hall–Kier alpha value is -1.26. The number of unbranched alkanes of at least 4 members (excludes halogenated alkanes) is 6. The molecule has 0 spiro atoms. The summed E-state index contributed by atoms with van der Waals surface area (Å²) in [6.45, 7) is 0.660. The molecule has 0 aliphatic carbocycles. The Morgan fingerprint density at radius 2 is 1.39 bits per heavy atom. The largest absolute Gasteiger partial charge is 0.453 e. The number of amides is 3. The van der Waals surface area contributed by atoms with Gasteiger partial charge in [0.1, 0.15) is 6.54 Å². The summed E-state index contributed by atoms with van der Waals surface area (Å²) in [5, 5.41) is 2.21. The second-order valence-electron chi connectivity index (χ2n) is 6.90. The molecule has 1 heterocycles. The summed E-state index contributed by atoms with van der Waals surface area (Å²) in [6.07, 6.45) is -1.21. The lowest BCUT2D eigenvalue weighted by atomic mass is 10.1. The van der Waals surface area contributed by atoms with Gasteiger partial charge in [-0.15, -0.1) is 0 Å². The molecule has 1 aliphatic heterocycles. The van der Waals surface area contributed by atoms with E-state index < -0.39 is 35.7 Å². The van der Waals surface area contributed by atoms with Crippen molar-refractivity contribution in [3.05, 3.63) is 0 Å². The van der Waals surface area contributed by atoms with E-state index in [0.29, 0.717) is 18.7 Å². The molecule has 11 heteroatoms. The number of imide groups is 1. The first-order valence-electron chi connectivity index (χ1n) is 9.41. The van der Waals surface area contributed by atoms with Crippen LogP contribution in [0.15, 0.2) is 0 Å². The molecule has 3 amide bonds. The molecule has 0 aromatic rings. The highest BCUT2D eigenvalue weighted by Crippen LogP contribution is 2.38. The fraction of sp³-hybridized carbons (Fsp3) is 0.882. The topological polar surface area (TPSA) is 66.5 Å². The Morgan fingerprint density at radius 3 is 1.93 bits per heavy atom. The van der Waals surface area contributed by atoms with Gasteiger partial charge in [-0.3, -0.25) is 14.3 Å². The van der Waals surface area contributed by atoms with E-state index in [0.717, 1.165) is 38.5 Å². The fourth-order valence-electron chi connectivity index (χ4n) is 2.81. The molecule has 1 fully saturated rings. The maximum Gasteiger partial charge on any atom is 0.453 e. The van der Waals surface area contributed by atoms with Crippen LogP contribution >= 0.6 is 0 Å². The van der Waals surface area contributed by atoms with Crippen LogP contribution in [0.4, 0.5) is 26.7 Å². The van der Waals surface area contributed by atoms with Gasteiger partial charge in [-0.05, 0) is 19.3 Å². The van der Waals surface area contributed by atoms with Crippen molar-refractivity contribution < 1.29 is 35.8 Å². The minimum Gasteiger partial charge on any atom is -0.315 e. The summed E-state index contributed by atoms with van der Waals surface area (Å²) in [4.78, 5) is 23.8. The molecule has 1 unspecified atom stereocenters. The van der Waals surface area contributed by atoms with E-state index in [2.05, 4.69) is 5.32 Å². The molecule has 1 rings (SSSR count). The van der Waals surface area contributed by atoms with Gasteiger partial charge >= 0.3 is 18.1 Å². The summed E-state index contributed by atoms with van der Waals surface area (Å²) >= 11 is 0. The first-order chi connectivity index (χ1) is 13.0. The summed E-state index contributed by atoms with van der Waals surface area (Å²) in [7, 11) is -1.37. The number of nitrogens with zero attached hydrogens (tertiary/aromatic N) is 1. The van der Waals surface area contributed by atoms with Gasteiger partial charge in [-0.2, -0.15) is 22.0 Å². The summed E-state index contributed by atoms with van der Waals surface area (Å²) in [6, 6.07) is -0.347. The SMILES string of the molecule is O=C1CN(CCCCCCCCCS(=O)CCCC(F)(F)C(F)(F)F)C(=O)N1. The number of rotatable bonds is 14. The number of alkyl halides is 5. The van der Waals surface area contributed by atoms with Crippen molar-refractivity contribution in [3.8, 4) is 0 Å². The Morgan fingerprint density at radius 1 is 0.857 bits per heavy atom. The lowest BCUT2D eigenvalue weighted by Crippen LogP contribution is -2.36. The average Bonchev–Trinajstić information content (AvgIpc) is 2.89. The van der Waals surface area contributed by atoms with Gasteiger partial charge in [0.05, 0.1) is 0 Å². The monoisotopic (exact) mass is 434 g/mol. The summed E-state index contributed by atoms with van der Waals surface area (Å²) in [5.41, 5.74) is 0. The van der Waals surface area contributed by atoms with Crippen LogP contribution in [0.1, 0.15) is 57.8 Å². The lowest BCUT2D eigenvalue weighted by molar-refractivity contribution is -0.284. The molecular formula is C17H27F5N2O3S. The fourth-order valence-corrected chi connectivity index (χ4v) is 4.01. The van der Waals surface area contributed by atoms with E-state index in [9.17, 15) is 35.8 Å². The predicted molar refractivity (Wildman–Crippen MR) is 95.5 cm³/mol. The number of carbonyl (C=O) groups excluding carboxylic acids is 2. The van der Waals surface area contributed by atoms with Crippen molar-refractivity contribution in [2.24, 2.45) is 0 Å². The van der Waals surface area contributed by atoms with Crippen molar-refractivity contribution >= 4 is 22.7 Å². The maximum atomic E-state index is 12.7. The smallest absolute Gasteiger partial charge is 0.315 e. The van der Waals surface area contributed by atoms with E-state index in [1.165, 1.54) is 4.90 Å². The molecule has 5 nitrogen and oxygen atoms in total. The van der Waals surface area contributed by atoms with E-state index in [4.69, 9.17) is 0 Å². The number of hydrogen-bond donors (Lipinski definition) is 1. The highest BCUT2D eigenvalue weighted by atomic mass is 32.2. The van der Waals surface area contributed by atoms with E-state index >= 15 is 0 Å². The van der Waals surface area contributed by atoms with Gasteiger partial charge in [0.2, 0.25) is 5.91 Å². The minimum atomic E-state index is -5.55. The molecular weight excluding hydrogens is 407 g/mol. The van der Waals surface area contributed by atoms with E-state index in [1.807, 2.05) is 0 Å². The van der Waals surface area contributed by atoms with Gasteiger partial charge < -0.3 is 4.90 Å². The molecule has 164 valence electrons. The number of nitrogens with one attached hydrogen (secondary N) is 1. The van der Waals surface area contributed by atoms with Crippen LogP contribution in [0.2, 0.25) is 0 Å². The minimum absolute atomic E-state index is 0.115. The first-order valence-corrected chi connectivity index (χ1v) is 10.9. The standard InChI is InChI=1S/C17H27F5N2O3S/c18-16(19,17(20,21)22)9-8-12-28(27)11-7-5-3-1-2-4-6-10-24-13-14(25)23-15(24)26/h1-13H2,(H,23,25,26). The molecule has 1 saturated heterocycles. The van der Waals surface area contributed by atoms with Gasteiger partial charge in [0, 0.05) is 35.3 Å². The Kier molecular flexibility index (Phi) is 10.3. The summed E-state index contributed by atoms with van der Waals surface area (Å²) < 4.78 is 73.1. The van der Waals surface area contributed by atoms with Crippen LogP contribution in [0.5, 0.6) is 0 Å². The molecule has 0 radical (unpaired) electrons. The van der Waals surface area contributed by atoms with Crippen molar-refractivity contribution in [1.82, 2.24) is 10.2 Å². The number of hydrogen-bond acceptors (Lipinski definition) is 3. The molecule has 28 heavy (non-hydrogen) atoms.